The Morgan fingerprint density at radius 3 is 2.76 bits per heavy atom. The van der Waals surface area contributed by atoms with E-state index >= 15 is 0 Å². The van der Waals surface area contributed by atoms with Crippen molar-refractivity contribution < 1.29 is 0 Å². The number of nitrogens with zero attached hydrogens (tertiary/aromatic N) is 4. The van der Waals surface area contributed by atoms with Gasteiger partial charge < -0.3 is 5.73 Å². The first kappa shape index (κ1) is 15.7. The fourth-order valence-electron chi connectivity index (χ4n) is 3.21. The molecule has 0 amide bonds. The Hall–Kier alpha value is -2.79. The second-order valence-corrected chi connectivity index (χ2v) is 6.50. The molecule has 0 fully saturated rings. The molecule has 2 aromatic heterocycles. The first-order valence-electron chi connectivity index (χ1n) is 8.52. The number of benzene rings is 1. The summed E-state index contributed by atoms with van der Waals surface area (Å²) in [6.07, 6.45) is 4.76. The number of nitrogens with two attached hydrogens (primary N) is 1. The lowest BCUT2D eigenvalue weighted by atomic mass is 10.1. The minimum absolute atomic E-state index is 0.753. The third-order valence-electron chi connectivity index (χ3n) is 4.69. The Balaban J connectivity index is 1.52. The normalized spacial score (nSPS) is 14.3. The molecule has 25 heavy (non-hydrogen) atoms. The van der Waals surface area contributed by atoms with Gasteiger partial charge in [0, 0.05) is 61.0 Å². The molecule has 1 aliphatic heterocycles. The van der Waals surface area contributed by atoms with Crippen LogP contribution in [0.4, 0.5) is 5.69 Å². The summed E-state index contributed by atoms with van der Waals surface area (Å²) in [5.74, 6) is 0.773. The first-order chi connectivity index (χ1) is 12.2. The molecule has 0 spiro atoms. The number of rotatable bonds is 3. The standard InChI is InChI=1S/C20H21N5/c1-14-16(3-2-9-22-14)12-25-10-8-19-17(13-25)11-23-20(24-19)15-4-6-18(21)7-5-15/h2-7,9,11H,8,10,12-13,21H2,1H3. The summed E-state index contributed by atoms with van der Waals surface area (Å²) < 4.78 is 0. The molecule has 4 rings (SSSR count). The van der Waals surface area contributed by atoms with Gasteiger partial charge in [-0.2, -0.15) is 0 Å². The van der Waals surface area contributed by atoms with Crippen LogP contribution in [0.15, 0.2) is 48.8 Å². The molecule has 0 saturated carbocycles. The van der Waals surface area contributed by atoms with Gasteiger partial charge in [0.05, 0.1) is 5.69 Å². The van der Waals surface area contributed by atoms with E-state index in [1.165, 1.54) is 11.1 Å². The minimum Gasteiger partial charge on any atom is -0.399 e. The van der Waals surface area contributed by atoms with Gasteiger partial charge in [-0.3, -0.25) is 9.88 Å². The zero-order valence-electron chi connectivity index (χ0n) is 14.3. The largest absolute Gasteiger partial charge is 0.399 e. The van der Waals surface area contributed by atoms with Gasteiger partial charge in [-0.1, -0.05) is 6.07 Å². The maximum absolute atomic E-state index is 5.75. The molecule has 1 aliphatic rings. The van der Waals surface area contributed by atoms with Crippen LogP contribution >= 0.6 is 0 Å². The molecular formula is C20H21N5. The van der Waals surface area contributed by atoms with Gasteiger partial charge in [-0.05, 0) is 42.8 Å². The van der Waals surface area contributed by atoms with E-state index in [1.807, 2.05) is 42.7 Å². The van der Waals surface area contributed by atoms with E-state index in [4.69, 9.17) is 10.7 Å². The predicted molar refractivity (Wildman–Crippen MR) is 98.7 cm³/mol. The lowest BCUT2D eigenvalue weighted by Crippen LogP contribution is -2.31. The van der Waals surface area contributed by atoms with Crippen molar-refractivity contribution in [2.24, 2.45) is 0 Å². The van der Waals surface area contributed by atoms with Crippen molar-refractivity contribution in [1.82, 2.24) is 19.9 Å². The summed E-state index contributed by atoms with van der Waals surface area (Å²) in [5.41, 5.74) is 12.3. The van der Waals surface area contributed by atoms with Crippen LogP contribution in [0.1, 0.15) is 22.5 Å². The van der Waals surface area contributed by atoms with Crippen molar-refractivity contribution in [2.45, 2.75) is 26.4 Å². The zero-order valence-corrected chi connectivity index (χ0v) is 14.3. The summed E-state index contributed by atoms with van der Waals surface area (Å²) in [4.78, 5) is 16.2. The number of aromatic nitrogens is 3. The number of hydrogen-bond acceptors (Lipinski definition) is 5. The second kappa shape index (κ2) is 6.61. The fourth-order valence-corrected chi connectivity index (χ4v) is 3.21. The molecule has 126 valence electrons. The Morgan fingerprint density at radius 2 is 1.96 bits per heavy atom. The monoisotopic (exact) mass is 331 g/mol. The van der Waals surface area contributed by atoms with Gasteiger partial charge in [-0.15, -0.1) is 0 Å². The van der Waals surface area contributed by atoms with Crippen LogP contribution in [-0.2, 0) is 19.5 Å². The lowest BCUT2D eigenvalue weighted by Gasteiger charge is -2.28. The molecule has 3 aromatic rings. The van der Waals surface area contributed by atoms with Crippen molar-refractivity contribution in [3.05, 3.63) is 71.3 Å². The van der Waals surface area contributed by atoms with Gasteiger partial charge in [0.1, 0.15) is 0 Å². The molecule has 1 aromatic carbocycles. The number of nitrogen functional groups attached to an aromatic ring is 1. The molecule has 0 radical (unpaired) electrons. The van der Waals surface area contributed by atoms with Crippen molar-refractivity contribution in [3.63, 3.8) is 0 Å². The van der Waals surface area contributed by atoms with Crippen LogP contribution in [0, 0.1) is 6.92 Å². The average molecular weight is 331 g/mol. The summed E-state index contributed by atoms with van der Waals surface area (Å²) in [6.45, 7) is 4.86. The Bertz CT molecular complexity index is 889. The van der Waals surface area contributed by atoms with Crippen LogP contribution in [0.25, 0.3) is 11.4 Å². The van der Waals surface area contributed by atoms with Crippen LogP contribution in [-0.4, -0.2) is 26.4 Å². The number of anilines is 1. The van der Waals surface area contributed by atoms with Crippen LogP contribution in [0.3, 0.4) is 0 Å². The van der Waals surface area contributed by atoms with Crippen molar-refractivity contribution >= 4 is 5.69 Å². The molecule has 0 aliphatic carbocycles. The molecular weight excluding hydrogens is 310 g/mol. The summed E-state index contributed by atoms with van der Waals surface area (Å²) >= 11 is 0. The van der Waals surface area contributed by atoms with Crippen molar-refractivity contribution in [1.29, 1.82) is 0 Å². The predicted octanol–water partition coefficient (Wildman–Crippen LogP) is 2.99. The summed E-state index contributed by atoms with van der Waals surface area (Å²) in [5, 5.41) is 0. The molecule has 5 nitrogen and oxygen atoms in total. The zero-order chi connectivity index (χ0) is 17.2. The van der Waals surface area contributed by atoms with Gasteiger partial charge in [0.2, 0.25) is 0 Å². The maximum atomic E-state index is 5.75. The Morgan fingerprint density at radius 1 is 1.12 bits per heavy atom. The molecule has 3 heterocycles. The highest BCUT2D eigenvalue weighted by Gasteiger charge is 2.19. The maximum Gasteiger partial charge on any atom is 0.159 e. The average Bonchev–Trinajstić information content (AvgIpc) is 2.64. The smallest absolute Gasteiger partial charge is 0.159 e. The quantitative estimate of drug-likeness (QED) is 0.747. The van der Waals surface area contributed by atoms with Crippen molar-refractivity contribution in [3.8, 4) is 11.4 Å². The lowest BCUT2D eigenvalue weighted by molar-refractivity contribution is 0.242. The number of pyridine rings is 1. The Kier molecular flexibility index (Phi) is 4.15. The number of fused-ring (bicyclic) bond motifs is 1. The van der Waals surface area contributed by atoms with E-state index in [1.54, 1.807) is 0 Å². The van der Waals surface area contributed by atoms with Crippen molar-refractivity contribution in [2.75, 3.05) is 12.3 Å². The second-order valence-electron chi connectivity index (χ2n) is 6.50. The van der Waals surface area contributed by atoms with Crippen LogP contribution in [0.5, 0.6) is 0 Å². The van der Waals surface area contributed by atoms with Gasteiger partial charge in [0.15, 0.2) is 5.82 Å². The number of aryl methyl sites for hydroxylation is 1. The molecule has 2 N–H and O–H groups in total. The highest BCUT2D eigenvalue weighted by Crippen LogP contribution is 2.23. The van der Waals surface area contributed by atoms with Gasteiger partial charge in [0.25, 0.3) is 0 Å². The summed E-state index contributed by atoms with van der Waals surface area (Å²) in [6, 6.07) is 11.9. The molecule has 0 atom stereocenters. The number of hydrogen-bond donors (Lipinski definition) is 1. The van der Waals surface area contributed by atoms with Crippen LogP contribution < -0.4 is 5.73 Å². The van der Waals surface area contributed by atoms with E-state index in [9.17, 15) is 0 Å². The highest BCUT2D eigenvalue weighted by molar-refractivity contribution is 5.58. The van der Waals surface area contributed by atoms with E-state index in [2.05, 4.69) is 27.9 Å². The molecule has 5 heteroatoms. The van der Waals surface area contributed by atoms with Gasteiger partial charge in [-0.25, -0.2) is 9.97 Å². The third kappa shape index (κ3) is 3.37. The van der Waals surface area contributed by atoms with E-state index < -0.39 is 0 Å². The SMILES string of the molecule is Cc1ncccc1CN1CCc2nc(-c3ccc(N)cc3)ncc2C1. The highest BCUT2D eigenvalue weighted by atomic mass is 15.1. The summed E-state index contributed by atoms with van der Waals surface area (Å²) in [7, 11) is 0. The van der Waals surface area contributed by atoms with Gasteiger partial charge >= 0.3 is 0 Å². The van der Waals surface area contributed by atoms with E-state index in [0.29, 0.717) is 0 Å². The topological polar surface area (TPSA) is 67.9 Å². The van der Waals surface area contributed by atoms with E-state index in [-0.39, 0.29) is 0 Å². The first-order valence-corrected chi connectivity index (χ1v) is 8.52. The van der Waals surface area contributed by atoms with E-state index in [0.717, 1.165) is 54.5 Å². The third-order valence-corrected chi connectivity index (χ3v) is 4.69. The Labute approximate surface area is 147 Å². The van der Waals surface area contributed by atoms with Crippen LogP contribution in [0.2, 0.25) is 0 Å². The minimum atomic E-state index is 0.753. The molecule has 0 saturated heterocycles. The molecule has 0 bridgehead atoms. The molecule has 0 unspecified atom stereocenters. The fraction of sp³-hybridized carbons (Fsp3) is 0.250.